The summed E-state index contributed by atoms with van der Waals surface area (Å²) in [4.78, 5) is 9.71. The molecule has 0 bridgehead atoms. The van der Waals surface area contributed by atoms with E-state index in [-0.39, 0.29) is 0 Å². The first kappa shape index (κ1) is 18.5. The Balaban J connectivity index is 1.52. The van der Waals surface area contributed by atoms with Gasteiger partial charge in [0, 0.05) is 36.7 Å². The molecule has 2 atom stereocenters. The van der Waals surface area contributed by atoms with Crippen molar-refractivity contribution in [2.75, 3.05) is 18.0 Å². The zero-order valence-electron chi connectivity index (χ0n) is 15.8. The summed E-state index contributed by atoms with van der Waals surface area (Å²) in [6, 6.07) is 12.5. The van der Waals surface area contributed by atoms with Crippen LogP contribution in [0.5, 0.6) is 5.75 Å². The summed E-state index contributed by atoms with van der Waals surface area (Å²) in [6.07, 6.45) is 0. The number of phenolic OH excluding ortho intramolecular Hbond substituents is 1. The molecule has 0 aliphatic carbocycles. The number of nitrogens with zero attached hydrogens (tertiary/aromatic N) is 3. The number of hydrogen-bond acceptors (Lipinski definition) is 5. The number of aromatic hydroxyl groups is 1. The van der Waals surface area contributed by atoms with Crippen LogP contribution < -0.4 is 4.90 Å². The lowest BCUT2D eigenvalue weighted by Crippen LogP contribution is -2.56. The predicted octanol–water partition coefficient (Wildman–Crippen LogP) is 5.06. The first-order chi connectivity index (χ1) is 12.9. The molecule has 1 N–H and O–H groups in total. The van der Waals surface area contributed by atoms with Crippen molar-refractivity contribution in [2.45, 2.75) is 39.4 Å². The first-order valence-electron chi connectivity index (χ1n) is 9.25. The van der Waals surface area contributed by atoms with Crippen LogP contribution in [0.4, 0.5) is 5.13 Å². The van der Waals surface area contributed by atoms with Crippen LogP contribution in [0, 0.1) is 6.92 Å². The van der Waals surface area contributed by atoms with Gasteiger partial charge < -0.3 is 10.0 Å². The fourth-order valence-corrected chi connectivity index (χ4v) is 5.25. The lowest BCUT2D eigenvalue weighted by molar-refractivity contribution is 0.123. The molecule has 3 aromatic rings. The van der Waals surface area contributed by atoms with Crippen molar-refractivity contribution in [3.8, 4) is 5.75 Å². The van der Waals surface area contributed by atoms with Crippen LogP contribution in [0.2, 0.25) is 5.02 Å². The minimum atomic E-state index is 0.345. The fraction of sp³-hybridized carbons (Fsp3) is 0.381. The summed E-state index contributed by atoms with van der Waals surface area (Å²) in [5.41, 5.74) is 3.27. The van der Waals surface area contributed by atoms with E-state index in [1.807, 2.05) is 31.2 Å². The molecule has 0 saturated carbocycles. The highest BCUT2D eigenvalue weighted by Gasteiger charge is 2.31. The molecule has 1 aliphatic heterocycles. The summed E-state index contributed by atoms with van der Waals surface area (Å²) >= 11 is 7.83. The number of aryl methyl sites for hydroxylation is 1. The van der Waals surface area contributed by atoms with Gasteiger partial charge in [-0.05, 0) is 62.2 Å². The molecular weight excluding hydrogens is 378 g/mol. The maximum atomic E-state index is 9.89. The van der Waals surface area contributed by atoms with Gasteiger partial charge in [0.25, 0.3) is 0 Å². The normalized spacial score (nSPS) is 21.1. The Hall–Kier alpha value is -1.82. The van der Waals surface area contributed by atoms with E-state index < -0.39 is 0 Å². The highest BCUT2D eigenvalue weighted by Crippen LogP contribution is 2.33. The molecule has 1 aromatic heterocycles. The van der Waals surface area contributed by atoms with E-state index in [9.17, 15) is 5.11 Å². The van der Waals surface area contributed by atoms with Crippen LogP contribution in [0.3, 0.4) is 0 Å². The van der Waals surface area contributed by atoms with Crippen molar-refractivity contribution >= 4 is 38.3 Å². The first-order valence-corrected chi connectivity index (χ1v) is 10.4. The zero-order chi connectivity index (χ0) is 19.1. The van der Waals surface area contributed by atoms with Crippen molar-refractivity contribution in [1.82, 2.24) is 9.88 Å². The molecular formula is C21H24ClN3OS. The molecule has 2 unspecified atom stereocenters. The van der Waals surface area contributed by atoms with Crippen molar-refractivity contribution in [3.63, 3.8) is 0 Å². The molecule has 0 radical (unpaired) electrons. The second-order valence-corrected chi connectivity index (χ2v) is 9.01. The molecule has 1 fully saturated rings. The van der Waals surface area contributed by atoms with Crippen LogP contribution in [0.1, 0.15) is 25.0 Å². The predicted molar refractivity (Wildman–Crippen MR) is 114 cm³/mol. The summed E-state index contributed by atoms with van der Waals surface area (Å²) in [5, 5.41) is 11.7. The van der Waals surface area contributed by atoms with Crippen LogP contribution in [0.25, 0.3) is 10.2 Å². The average Bonchev–Trinajstić information content (AvgIpc) is 3.00. The SMILES string of the molecule is Cc1cc(O)cc(CN2C(C)CN(c3nc4ccc(Cl)cc4s3)CC2C)c1. The Morgan fingerprint density at radius 3 is 2.59 bits per heavy atom. The molecule has 0 spiro atoms. The number of phenols is 1. The maximum Gasteiger partial charge on any atom is 0.186 e. The van der Waals surface area contributed by atoms with Crippen molar-refractivity contribution in [1.29, 1.82) is 0 Å². The Bertz CT molecular complexity index is 941. The van der Waals surface area contributed by atoms with Gasteiger partial charge in [-0.1, -0.05) is 29.0 Å². The summed E-state index contributed by atoms with van der Waals surface area (Å²) < 4.78 is 1.13. The van der Waals surface area contributed by atoms with E-state index in [4.69, 9.17) is 16.6 Å². The summed E-state index contributed by atoms with van der Waals surface area (Å²) in [5.74, 6) is 0.345. The largest absolute Gasteiger partial charge is 0.508 e. The quantitative estimate of drug-likeness (QED) is 0.665. The lowest BCUT2D eigenvalue weighted by Gasteiger charge is -2.44. The molecule has 27 heavy (non-hydrogen) atoms. The molecule has 1 saturated heterocycles. The van der Waals surface area contributed by atoms with Gasteiger partial charge >= 0.3 is 0 Å². The number of fused-ring (bicyclic) bond motifs is 1. The zero-order valence-corrected chi connectivity index (χ0v) is 17.4. The van der Waals surface area contributed by atoms with Crippen LogP contribution in [-0.4, -0.2) is 40.2 Å². The van der Waals surface area contributed by atoms with Gasteiger partial charge in [-0.2, -0.15) is 0 Å². The van der Waals surface area contributed by atoms with E-state index in [0.717, 1.165) is 51.1 Å². The average molecular weight is 402 g/mol. The van der Waals surface area contributed by atoms with Crippen molar-refractivity contribution in [2.24, 2.45) is 0 Å². The number of hydrogen-bond donors (Lipinski definition) is 1. The molecule has 2 heterocycles. The highest BCUT2D eigenvalue weighted by atomic mass is 35.5. The van der Waals surface area contributed by atoms with Crippen molar-refractivity contribution in [3.05, 3.63) is 52.5 Å². The Morgan fingerprint density at radius 1 is 1.15 bits per heavy atom. The molecule has 142 valence electrons. The van der Waals surface area contributed by atoms with E-state index >= 15 is 0 Å². The number of rotatable bonds is 3. The minimum absolute atomic E-state index is 0.345. The standard InChI is InChI=1S/C21H24ClN3OS/c1-13-6-16(8-18(26)7-13)12-25-14(2)10-24(11-15(25)3)21-23-19-5-4-17(22)9-20(19)27-21/h4-9,14-15,26H,10-12H2,1-3H3. The number of thiazole rings is 1. The third kappa shape index (κ3) is 3.91. The maximum absolute atomic E-state index is 9.89. The summed E-state index contributed by atoms with van der Waals surface area (Å²) in [7, 11) is 0. The molecule has 0 amide bonds. The Kier molecular flexibility index (Phi) is 5.01. The Morgan fingerprint density at radius 2 is 1.89 bits per heavy atom. The highest BCUT2D eigenvalue weighted by molar-refractivity contribution is 7.22. The van der Waals surface area contributed by atoms with Crippen LogP contribution >= 0.6 is 22.9 Å². The minimum Gasteiger partial charge on any atom is -0.508 e. The van der Waals surface area contributed by atoms with Gasteiger partial charge in [0.2, 0.25) is 0 Å². The van der Waals surface area contributed by atoms with Crippen LogP contribution in [-0.2, 0) is 6.54 Å². The lowest BCUT2D eigenvalue weighted by atomic mass is 10.0. The van der Waals surface area contributed by atoms with Crippen molar-refractivity contribution < 1.29 is 5.11 Å². The number of halogens is 1. The third-order valence-electron chi connectivity index (χ3n) is 5.20. The topological polar surface area (TPSA) is 39.6 Å². The summed E-state index contributed by atoms with van der Waals surface area (Å²) in [6.45, 7) is 9.28. The van der Waals surface area contributed by atoms with E-state index in [1.54, 1.807) is 17.4 Å². The fourth-order valence-electron chi connectivity index (χ4n) is 3.99. The van der Waals surface area contributed by atoms with Crippen LogP contribution in [0.15, 0.2) is 36.4 Å². The van der Waals surface area contributed by atoms with E-state index in [1.165, 1.54) is 0 Å². The van der Waals surface area contributed by atoms with Gasteiger partial charge in [0.1, 0.15) is 5.75 Å². The number of piperazine rings is 1. The molecule has 4 nitrogen and oxygen atoms in total. The second-order valence-electron chi connectivity index (χ2n) is 7.56. The smallest absolute Gasteiger partial charge is 0.186 e. The number of anilines is 1. The molecule has 6 heteroatoms. The van der Waals surface area contributed by atoms with Gasteiger partial charge in [-0.15, -0.1) is 0 Å². The molecule has 1 aliphatic rings. The molecule has 2 aromatic carbocycles. The number of benzene rings is 2. The second kappa shape index (κ2) is 7.30. The van der Waals surface area contributed by atoms with Gasteiger partial charge in [-0.3, -0.25) is 4.90 Å². The van der Waals surface area contributed by atoms with Gasteiger partial charge in [0.15, 0.2) is 5.13 Å². The van der Waals surface area contributed by atoms with E-state index in [2.05, 4.69) is 29.7 Å². The monoisotopic (exact) mass is 401 g/mol. The van der Waals surface area contributed by atoms with Gasteiger partial charge in [-0.25, -0.2) is 4.98 Å². The molecule has 4 rings (SSSR count). The van der Waals surface area contributed by atoms with E-state index in [0.29, 0.717) is 17.8 Å². The third-order valence-corrected chi connectivity index (χ3v) is 6.51. The Labute approximate surface area is 169 Å². The van der Waals surface area contributed by atoms with Gasteiger partial charge in [0.05, 0.1) is 10.2 Å². The number of aromatic nitrogens is 1.